The molecule has 2 aromatic carbocycles. The van der Waals surface area contributed by atoms with Crippen LogP contribution in [0.5, 0.6) is 0 Å². The summed E-state index contributed by atoms with van der Waals surface area (Å²) in [6, 6.07) is 12.6. The highest BCUT2D eigenvalue weighted by Crippen LogP contribution is 2.25. The minimum Gasteiger partial charge on any atom is -0.461 e. The van der Waals surface area contributed by atoms with Gasteiger partial charge in [0.15, 0.2) is 10.8 Å². The number of hydrogen-bond acceptors (Lipinski definition) is 6. The van der Waals surface area contributed by atoms with Gasteiger partial charge in [0.25, 0.3) is 0 Å². The van der Waals surface area contributed by atoms with E-state index in [1.165, 1.54) is 27.7 Å². The van der Waals surface area contributed by atoms with Crippen LogP contribution in [0.3, 0.4) is 0 Å². The van der Waals surface area contributed by atoms with Gasteiger partial charge >= 0.3 is 5.97 Å². The third kappa shape index (κ3) is 4.41. The summed E-state index contributed by atoms with van der Waals surface area (Å²) in [5.74, 6) is -0.390. The van der Waals surface area contributed by atoms with E-state index >= 15 is 0 Å². The van der Waals surface area contributed by atoms with Crippen molar-refractivity contribution in [1.82, 2.24) is 4.98 Å². The van der Waals surface area contributed by atoms with Gasteiger partial charge in [-0.2, -0.15) is 0 Å². The lowest BCUT2D eigenvalue weighted by Crippen LogP contribution is -2.29. The first-order chi connectivity index (χ1) is 12.6. The molecule has 0 spiro atoms. The Morgan fingerprint density at radius 1 is 1.27 bits per heavy atom. The Bertz CT molecular complexity index is 913. The van der Waals surface area contributed by atoms with Gasteiger partial charge in [-0.05, 0) is 41.5 Å². The first-order valence-electron chi connectivity index (χ1n) is 8.36. The van der Waals surface area contributed by atoms with Gasteiger partial charge < -0.3 is 15.4 Å². The van der Waals surface area contributed by atoms with Crippen LogP contribution in [0, 0.1) is 0 Å². The van der Waals surface area contributed by atoms with E-state index in [1.54, 1.807) is 12.3 Å². The van der Waals surface area contributed by atoms with E-state index in [4.69, 9.17) is 10.5 Å². The molecule has 2 N–H and O–H groups in total. The number of anilines is 1. The fourth-order valence-corrected chi connectivity index (χ4v) is 3.89. The highest BCUT2D eigenvalue weighted by atomic mass is 79.9. The minimum atomic E-state index is -0.390. The zero-order chi connectivity index (χ0) is 18.5. The third-order valence-electron chi connectivity index (χ3n) is 3.89. The molecule has 26 heavy (non-hydrogen) atoms. The molecule has 3 rings (SSSR count). The van der Waals surface area contributed by atoms with Crippen LogP contribution in [-0.4, -0.2) is 30.6 Å². The molecule has 0 aliphatic carbocycles. The highest BCUT2D eigenvalue weighted by molar-refractivity contribution is 9.10. The normalized spacial score (nSPS) is 10.9. The highest BCUT2D eigenvalue weighted by Gasteiger charge is 2.16. The number of hydrogen-bond donors (Lipinski definition) is 1. The molecule has 5 nitrogen and oxygen atoms in total. The van der Waals surface area contributed by atoms with Crippen LogP contribution in [0.25, 0.3) is 10.8 Å². The quantitative estimate of drug-likeness (QED) is 0.565. The lowest BCUT2D eigenvalue weighted by Gasteiger charge is -2.21. The van der Waals surface area contributed by atoms with Crippen LogP contribution in [-0.2, 0) is 11.3 Å². The van der Waals surface area contributed by atoms with Gasteiger partial charge in [-0.15, -0.1) is 11.3 Å². The van der Waals surface area contributed by atoms with E-state index in [2.05, 4.69) is 56.1 Å². The molecule has 3 aromatic rings. The largest absolute Gasteiger partial charge is 0.461 e. The van der Waals surface area contributed by atoms with Crippen molar-refractivity contribution < 1.29 is 9.53 Å². The van der Waals surface area contributed by atoms with Crippen LogP contribution in [0.1, 0.15) is 23.0 Å². The lowest BCUT2D eigenvalue weighted by atomic mass is 10.1. The molecule has 0 unspecified atom stereocenters. The van der Waals surface area contributed by atoms with Gasteiger partial charge in [-0.1, -0.05) is 34.1 Å². The molecule has 0 bridgehead atoms. The predicted molar refractivity (Wildman–Crippen MR) is 110 cm³/mol. The van der Waals surface area contributed by atoms with Gasteiger partial charge in [-0.25, -0.2) is 9.78 Å². The van der Waals surface area contributed by atoms with Crippen LogP contribution >= 0.6 is 27.3 Å². The molecule has 0 atom stereocenters. The summed E-state index contributed by atoms with van der Waals surface area (Å²) in [7, 11) is 0. The number of carbonyl (C=O) groups is 1. The predicted octanol–water partition coefficient (Wildman–Crippen LogP) is 4.20. The molecule has 0 fully saturated rings. The van der Waals surface area contributed by atoms with Crippen LogP contribution < -0.4 is 10.6 Å². The Kier molecular flexibility index (Phi) is 6.24. The van der Waals surface area contributed by atoms with Crippen LogP contribution in [0.2, 0.25) is 0 Å². The van der Waals surface area contributed by atoms with Crippen molar-refractivity contribution in [3.63, 3.8) is 0 Å². The molecular weight excluding hydrogens is 414 g/mol. The Balaban J connectivity index is 1.82. The molecule has 0 aliphatic rings. The number of rotatable bonds is 7. The van der Waals surface area contributed by atoms with Crippen molar-refractivity contribution in [2.45, 2.75) is 13.5 Å². The zero-order valence-corrected chi connectivity index (χ0v) is 16.8. The second kappa shape index (κ2) is 8.62. The molecule has 0 saturated heterocycles. The van der Waals surface area contributed by atoms with E-state index in [0.717, 1.165) is 9.60 Å². The number of thiazole rings is 1. The van der Waals surface area contributed by atoms with Crippen molar-refractivity contribution in [3.8, 4) is 0 Å². The summed E-state index contributed by atoms with van der Waals surface area (Å²) in [4.78, 5) is 18.4. The summed E-state index contributed by atoms with van der Waals surface area (Å²) in [6.07, 6.45) is 0. The maximum absolute atomic E-state index is 11.8. The van der Waals surface area contributed by atoms with E-state index < -0.39 is 0 Å². The number of nitrogens with zero attached hydrogens (tertiary/aromatic N) is 2. The Hall–Kier alpha value is -1.96. The van der Waals surface area contributed by atoms with Gasteiger partial charge in [-0.3, -0.25) is 0 Å². The molecular formula is C19H20BrN3O2S. The number of halogens is 1. The second-order valence-electron chi connectivity index (χ2n) is 5.77. The number of aromatic nitrogens is 1. The summed E-state index contributed by atoms with van der Waals surface area (Å²) < 4.78 is 6.08. The molecule has 1 aromatic heterocycles. The van der Waals surface area contributed by atoms with E-state index in [0.29, 0.717) is 31.9 Å². The molecule has 0 aliphatic heterocycles. The first-order valence-corrected chi connectivity index (χ1v) is 10.0. The maximum Gasteiger partial charge on any atom is 0.357 e. The molecule has 1 heterocycles. The van der Waals surface area contributed by atoms with Gasteiger partial charge in [0.05, 0.1) is 6.61 Å². The summed E-state index contributed by atoms with van der Waals surface area (Å²) in [5.41, 5.74) is 7.29. The average molecular weight is 434 g/mol. The van der Waals surface area contributed by atoms with Crippen molar-refractivity contribution in [3.05, 3.63) is 57.5 Å². The zero-order valence-electron chi connectivity index (χ0n) is 14.4. The first kappa shape index (κ1) is 18.8. The number of ether oxygens (including phenoxy) is 1. The SMILES string of the molecule is CCOC(=O)c1csc(N(CCN)Cc2ccc3cc(Br)ccc3c2)n1. The number of fused-ring (bicyclic) bond motifs is 1. The van der Waals surface area contributed by atoms with Gasteiger partial charge in [0.2, 0.25) is 0 Å². The summed E-state index contributed by atoms with van der Waals surface area (Å²) in [6.45, 7) is 3.97. The summed E-state index contributed by atoms with van der Waals surface area (Å²) >= 11 is 4.93. The van der Waals surface area contributed by atoms with E-state index in [1.807, 2.05) is 6.07 Å². The lowest BCUT2D eigenvalue weighted by molar-refractivity contribution is 0.0520. The van der Waals surface area contributed by atoms with E-state index in [9.17, 15) is 4.79 Å². The molecule has 136 valence electrons. The standard InChI is InChI=1S/C19H20BrN3O2S/c1-2-25-18(24)17-12-26-19(22-17)23(8-7-21)11-13-3-4-15-10-16(20)6-5-14(15)9-13/h3-6,9-10,12H,2,7-8,11,21H2,1H3. The monoisotopic (exact) mass is 433 g/mol. The van der Waals surface area contributed by atoms with Crippen molar-refractivity contribution >= 4 is 49.1 Å². The Morgan fingerprint density at radius 2 is 2.04 bits per heavy atom. The smallest absolute Gasteiger partial charge is 0.357 e. The van der Waals surface area contributed by atoms with Crippen molar-refractivity contribution in [2.24, 2.45) is 5.73 Å². The number of esters is 1. The number of benzene rings is 2. The topological polar surface area (TPSA) is 68.5 Å². The fraction of sp³-hybridized carbons (Fsp3) is 0.263. The van der Waals surface area contributed by atoms with Crippen LogP contribution in [0.15, 0.2) is 46.3 Å². The van der Waals surface area contributed by atoms with Crippen molar-refractivity contribution in [1.29, 1.82) is 0 Å². The molecule has 0 radical (unpaired) electrons. The fourth-order valence-electron chi connectivity index (χ4n) is 2.69. The Labute approximate surface area is 164 Å². The summed E-state index contributed by atoms with van der Waals surface area (Å²) in [5, 5.41) is 4.88. The van der Waals surface area contributed by atoms with Crippen LogP contribution in [0.4, 0.5) is 5.13 Å². The van der Waals surface area contributed by atoms with Gasteiger partial charge in [0, 0.05) is 29.5 Å². The maximum atomic E-state index is 11.8. The molecule has 0 amide bonds. The van der Waals surface area contributed by atoms with E-state index in [-0.39, 0.29) is 5.97 Å². The average Bonchev–Trinajstić information content (AvgIpc) is 3.12. The molecule has 7 heteroatoms. The Morgan fingerprint density at radius 3 is 2.81 bits per heavy atom. The van der Waals surface area contributed by atoms with Gasteiger partial charge in [0.1, 0.15) is 0 Å². The minimum absolute atomic E-state index is 0.339. The number of carbonyl (C=O) groups excluding carboxylic acids is 1. The molecule has 0 saturated carbocycles. The van der Waals surface area contributed by atoms with Crippen molar-refractivity contribution in [2.75, 3.05) is 24.6 Å². The third-order valence-corrected chi connectivity index (χ3v) is 5.28. The second-order valence-corrected chi connectivity index (χ2v) is 7.52. The number of nitrogens with two attached hydrogens (primary N) is 1.